The molecule has 9 heteroatoms. The topological polar surface area (TPSA) is 46.9 Å². The third-order valence-corrected chi connectivity index (χ3v) is 5.35. The fourth-order valence-electron chi connectivity index (χ4n) is 3.46. The highest BCUT2D eigenvalue weighted by Crippen LogP contribution is 2.58. The molecule has 0 aliphatic heterocycles. The third kappa shape index (κ3) is 4.30. The monoisotopic (exact) mass is 435 g/mol. The SMILES string of the molecule is O=C(Cc1ccc(F)c(F)c1)Nc1cc(C2(C(F)(F)F)CC2)nn1Cc1ccccc1. The smallest absolute Gasteiger partial charge is 0.311 e. The van der Waals surface area contributed by atoms with Crippen LogP contribution in [0.5, 0.6) is 0 Å². The van der Waals surface area contributed by atoms with Gasteiger partial charge >= 0.3 is 6.18 Å². The molecule has 1 heterocycles. The number of benzene rings is 2. The number of aromatic nitrogens is 2. The van der Waals surface area contributed by atoms with Crippen molar-refractivity contribution in [2.45, 2.75) is 37.4 Å². The van der Waals surface area contributed by atoms with Crippen LogP contribution >= 0.6 is 0 Å². The molecule has 162 valence electrons. The first-order chi connectivity index (χ1) is 14.7. The third-order valence-electron chi connectivity index (χ3n) is 5.35. The summed E-state index contributed by atoms with van der Waals surface area (Å²) in [4.78, 5) is 12.5. The number of rotatable bonds is 6. The van der Waals surface area contributed by atoms with Gasteiger partial charge in [-0.05, 0) is 36.1 Å². The van der Waals surface area contributed by atoms with Gasteiger partial charge in [-0.3, -0.25) is 4.79 Å². The summed E-state index contributed by atoms with van der Waals surface area (Å²) in [6.45, 7) is 0.162. The van der Waals surface area contributed by atoms with Crippen molar-refractivity contribution in [3.63, 3.8) is 0 Å². The van der Waals surface area contributed by atoms with Crippen LogP contribution in [-0.4, -0.2) is 21.9 Å². The zero-order valence-corrected chi connectivity index (χ0v) is 16.2. The van der Waals surface area contributed by atoms with Gasteiger partial charge in [-0.15, -0.1) is 0 Å². The summed E-state index contributed by atoms with van der Waals surface area (Å²) in [6, 6.07) is 13.3. The Morgan fingerprint density at radius 1 is 1.00 bits per heavy atom. The van der Waals surface area contributed by atoms with Crippen molar-refractivity contribution >= 4 is 11.7 Å². The molecule has 1 saturated carbocycles. The number of nitrogens with zero attached hydrogens (tertiary/aromatic N) is 2. The fraction of sp³-hybridized carbons (Fsp3) is 0.273. The molecule has 0 atom stereocenters. The van der Waals surface area contributed by atoms with Crippen molar-refractivity contribution in [2.24, 2.45) is 0 Å². The van der Waals surface area contributed by atoms with E-state index in [9.17, 15) is 26.7 Å². The standard InChI is InChI=1S/C22H18F5N3O/c23-16-7-6-15(10-17(16)24)11-20(31)28-19-12-18(21(8-9-21)22(25,26)27)29-30(19)13-14-4-2-1-3-5-14/h1-7,10,12H,8-9,11,13H2,(H,28,31). The van der Waals surface area contributed by atoms with Crippen LogP contribution in [0, 0.1) is 11.6 Å². The molecule has 0 radical (unpaired) electrons. The Morgan fingerprint density at radius 3 is 2.32 bits per heavy atom. The number of carbonyl (C=O) groups excluding carboxylic acids is 1. The van der Waals surface area contributed by atoms with Crippen molar-refractivity contribution in [3.05, 3.63) is 83.1 Å². The van der Waals surface area contributed by atoms with Gasteiger partial charge in [0, 0.05) is 6.07 Å². The lowest BCUT2D eigenvalue weighted by Crippen LogP contribution is -2.29. The highest BCUT2D eigenvalue weighted by molar-refractivity contribution is 5.91. The van der Waals surface area contributed by atoms with E-state index in [4.69, 9.17) is 0 Å². The molecule has 0 unspecified atom stereocenters. The maximum Gasteiger partial charge on any atom is 0.400 e. The molecule has 2 aromatic carbocycles. The molecule has 4 nitrogen and oxygen atoms in total. The van der Waals surface area contributed by atoms with Gasteiger partial charge in [-0.2, -0.15) is 18.3 Å². The molecule has 31 heavy (non-hydrogen) atoms. The minimum atomic E-state index is -4.44. The largest absolute Gasteiger partial charge is 0.400 e. The zero-order valence-electron chi connectivity index (χ0n) is 16.2. The maximum atomic E-state index is 13.6. The molecular weight excluding hydrogens is 417 g/mol. The van der Waals surface area contributed by atoms with E-state index in [2.05, 4.69) is 10.4 Å². The first kappa shape index (κ1) is 21.0. The summed E-state index contributed by atoms with van der Waals surface area (Å²) in [5.74, 6) is -2.58. The number of hydrogen-bond acceptors (Lipinski definition) is 2. The van der Waals surface area contributed by atoms with Crippen LogP contribution < -0.4 is 5.32 Å². The summed E-state index contributed by atoms with van der Waals surface area (Å²) in [5, 5.41) is 6.73. The molecule has 1 fully saturated rings. The summed E-state index contributed by atoms with van der Waals surface area (Å²) >= 11 is 0. The minimum absolute atomic E-state index is 0.0545. The van der Waals surface area contributed by atoms with Gasteiger partial charge in [0.15, 0.2) is 11.6 Å². The summed E-state index contributed by atoms with van der Waals surface area (Å²) < 4.78 is 68.5. The Labute approximate surface area is 174 Å². The number of alkyl halides is 3. The molecular formula is C22H18F5N3O. The number of amides is 1. The Morgan fingerprint density at radius 2 is 1.71 bits per heavy atom. The predicted octanol–water partition coefficient (Wildman–Crippen LogP) is 4.98. The Bertz CT molecular complexity index is 1100. The van der Waals surface area contributed by atoms with Crippen molar-refractivity contribution < 1.29 is 26.7 Å². The Kier molecular flexibility index (Phi) is 5.28. The average molecular weight is 435 g/mol. The molecule has 1 aliphatic rings. The van der Waals surface area contributed by atoms with Crippen molar-refractivity contribution in [2.75, 3.05) is 5.32 Å². The second-order valence-electron chi connectivity index (χ2n) is 7.61. The maximum absolute atomic E-state index is 13.6. The van der Waals surface area contributed by atoms with Crippen molar-refractivity contribution in [1.29, 1.82) is 0 Å². The van der Waals surface area contributed by atoms with E-state index in [-0.39, 0.29) is 42.9 Å². The number of halogens is 5. The molecule has 0 bridgehead atoms. The fourth-order valence-corrected chi connectivity index (χ4v) is 3.46. The normalized spacial score (nSPS) is 15.0. The van der Waals surface area contributed by atoms with E-state index in [0.29, 0.717) is 0 Å². The van der Waals surface area contributed by atoms with Crippen LogP contribution in [0.15, 0.2) is 54.6 Å². The number of anilines is 1. The van der Waals surface area contributed by atoms with Gasteiger partial charge in [-0.25, -0.2) is 13.5 Å². The molecule has 1 aliphatic carbocycles. The predicted molar refractivity (Wildman–Crippen MR) is 103 cm³/mol. The minimum Gasteiger partial charge on any atom is -0.311 e. The second-order valence-corrected chi connectivity index (χ2v) is 7.61. The second kappa shape index (κ2) is 7.79. The summed E-state index contributed by atoms with van der Waals surface area (Å²) in [5.41, 5.74) is -1.10. The molecule has 0 saturated heterocycles. The molecule has 1 aromatic heterocycles. The molecule has 0 spiro atoms. The lowest BCUT2D eigenvalue weighted by Gasteiger charge is -2.16. The number of nitrogens with one attached hydrogen (secondary N) is 1. The molecule has 3 aromatic rings. The van der Waals surface area contributed by atoms with E-state index in [1.54, 1.807) is 24.3 Å². The van der Waals surface area contributed by atoms with Gasteiger partial charge in [0.05, 0.1) is 18.7 Å². The number of carbonyl (C=O) groups is 1. The van der Waals surface area contributed by atoms with Gasteiger partial charge < -0.3 is 5.32 Å². The summed E-state index contributed by atoms with van der Waals surface area (Å²) in [7, 11) is 0. The van der Waals surface area contributed by atoms with Crippen LogP contribution in [0.25, 0.3) is 0 Å². The summed E-state index contributed by atoms with van der Waals surface area (Å²) in [6.07, 6.45) is -4.82. The van der Waals surface area contributed by atoms with Crippen LogP contribution in [0.3, 0.4) is 0 Å². The van der Waals surface area contributed by atoms with E-state index >= 15 is 0 Å². The van der Waals surface area contributed by atoms with Crippen LogP contribution in [0.4, 0.5) is 27.8 Å². The van der Waals surface area contributed by atoms with E-state index in [1.807, 2.05) is 6.07 Å². The van der Waals surface area contributed by atoms with E-state index < -0.39 is 29.1 Å². The highest BCUT2D eigenvalue weighted by Gasteiger charge is 2.65. The van der Waals surface area contributed by atoms with E-state index in [0.717, 1.165) is 17.7 Å². The Balaban J connectivity index is 1.60. The average Bonchev–Trinajstić information content (AvgIpc) is 3.45. The first-order valence-corrected chi connectivity index (χ1v) is 9.61. The van der Waals surface area contributed by atoms with Gasteiger partial charge in [0.25, 0.3) is 0 Å². The van der Waals surface area contributed by atoms with Crippen LogP contribution in [0.2, 0.25) is 0 Å². The van der Waals surface area contributed by atoms with Crippen LogP contribution in [0.1, 0.15) is 29.7 Å². The van der Waals surface area contributed by atoms with E-state index in [1.165, 1.54) is 16.8 Å². The zero-order chi connectivity index (χ0) is 22.2. The quantitative estimate of drug-likeness (QED) is 0.555. The first-order valence-electron chi connectivity index (χ1n) is 9.61. The number of hydrogen-bond donors (Lipinski definition) is 1. The lowest BCUT2D eigenvalue weighted by molar-refractivity contribution is -0.161. The Hall–Kier alpha value is -3.23. The van der Waals surface area contributed by atoms with Gasteiger partial charge in [0.2, 0.25) is 5.91 Å². The highest BCUT2D eigenvalue weighted by atomic mass is 19.4. The molecule has 1 amide bonds. The van der Waals surface area contributed by atoms with Gasteiger partial charge in [0.1, 0.15) is 11.2 Å². The molecule has 4 rings (SSSR count). The van der Waals surface area contributed by atoms with Crippen molar-refractivity contribution in [3.8, 4) is 0 Å². The van der Waals surface area contributed by atoms with Gasteiger partial charge in [-0.1, -0.05) is 36.4 Å². The van der Waals surface area contributed by atoms with Crippen LogP contribution in [-0.2, 0) is 23.2 Å². The van der Waals surface area contributed by atoms with Crippen molar-refractivity contribution in [1.82, 2.24) is 9.78 Å². The molecule has 1 N–H and O–H groups in total. The lowest BCUT2D eigenvalue weighted by atomic mass is 10.0.